The zero-order valence-corrected chi connectivity index (χ0v) is 10.5. The fourth-order valence-corrected chi connectivity index (χ4v) is 0. The Hall–Kier alpha value is 0.729. The maximum atomic E-state index is 8.52. The van der Waals surface area contributed by atoms with E-state index in [-0.39, 0.29) is 29.5 Å². The van der Waals surface area contributed by atoms with Gasteiger partial charge < -0.3 is 22.6 Å². The van der Waals surface area contributed by atoms with Gasteiger partial charge in [0.15, 0.2) is 0 Å². The molecule has 12 heavy (non-hydrogen) atoms. The van der Waals surface area contributed by atoms with Crippen LogP contribution in [0.5, 0.6) is 0 Å². The minimum Gasteiger partial charge on any atom is -1.00 e. The van der Waals surface area contributed by atoms with Crippen LogP contribution in [0.3, 0.4) is 0 Å². The van der Waals surface area contributed by atoms with Crippen LogP contribution in [0.2, 0.25) is 0 Å². The summed E-state index contributed by atoms with van der Waals surface area (Å²) in [5, 5.41) is 17.0. The van der Waals surface area contributed by atoms with Gasteiger partial charge in [0, 0.05) is 17.1 Å². The van der Waals surface area contributed by atoms with Gasteiger partial charge in [-0.1, -0.05) is 0 Å². The molecular formula is C8H20ClFeO2-. The molecule has 0 rings (SSSR count). The van der Waals surface area contributed by atoms with Crippen molar-refractivity contribution in [3.8, 4) is 0 Å². The van der Waals surface area contributed by atoms with Crippen molar-refractivity contribution in [2.75, 3.05) is 0 Å². The maximum absolute atomic E-state index is 8.52. The number of rotatable bonds is 0. The largest absolute Gasteiger partial charge is 1.00 e. The molecule has 0 aromatic carbocycles. The van der Waals surface area contributed by atoms with Crippen molar-refractivity contribution < 1.29 is 39.7 Å². The van der Waals surface area contributed by atoms with Crippen molar-refractivity contribution in [3.05, 3.63) is 0 Å². The van der Waals surface area contributed by atoms with E-state index in [2.05, 4.69) is 0 Å². The molecule has 0 spiro atoms. The Morgan fingerprint density at radius 1 is 0.667 bits per heavy atom. The summed E-state index contributed by atoms with van der Waals surface area (Å²) >= 11 is 0. The third-order valence-electron chi connectivity index (χ3n) is 0. The van der Waals surface area contributed by atoms with E-state index in [1.54, 1.807) is 41.5 Å². The third kappa shape index (κ3) is 1910. The molecule has 0 aliphatic rings. The van der Waals surface area contributed by atoms with E-state index >= 15 is 0 Å². The maximum Gasteiger partial charge on any atom is 0.0563 e. The van der Waals surface area contributed by atoms with Crippen LogP contribution in [0, 0.1) is 0 Å². The summed E-state index contributed by atoms with van der Waals surface area (Å²) in [7, 11) is 0. The third-order valence-corrected chi connectivity index (χ3v) is 0. The summed E-state index contributed by atoms with van der Waals surface area (Å²) in [6, 6.07) is 0. The zero-order chi connectivity index (χ0) is 9.00. The number of aliphatic hydroxyl groups is 2. The molecule has 0 unspecified atom stereocenters. The van der Waals surface area contributed by atoms with E-state index in [0.717, 1.165) is 0 Å². The topological polar surface area (TPSA) is 40.5 Å². The summed E-state index contributed by atoms with van der Waals surface area (Å²) in [6.45, 7) is 10.5. The molecule has 0 radical (unpaired) electrons. The fourth-order valence-electron chi connectivity index (χ4n) is 0. The standard InChI is InChI=1S/2C4H10O.ClH.Fe/c2*1-4(2,3)5;;/h2*5H,1-3H3;1H;/p-1. The van der Waals surface area contributed by atoms with Crippen molar-refractivity contribution in [3.63, 3.8) is 0 Å². The quantitative estimate of drug-likeness (QED) is 0.508. The molecule has 2 nitrogen and oxygen atoms in total. The second-order valence-corrected chi connectivity index (χ2v) is 4.34. The summed E-state index contributed by atoms with van der Waals surface area (Å²) in [5.74, 6) is 0. The summed E-state index contributed by atoms with van der Waals surface area (Å²) in [4.78, 5) is 0. The van der Waals surface area contributed by atoms with Gasteiger partial charge in [0.05, 0.1) is 11.2 Å². The molecule has 0 heterocycles. The first-order chi connectivity index (χ1) is 4.00. The van der Waals surface area contributed by atoms with Crippen LogP contribution in [0.4, 0.5) is 0 Å². The minimum atomic E-state index is -0.500. The van der Waals surface area contributed by atoms with E-state index in [0.29, 0.717) is 0 Å². The molecule has 0 aromatic rings. The number of hydrogen-bond donors (Lipinski definition) is 2. The minimum absolute atomic E-state index is 0. The molecule has 0 saturated heterocycles. The van der Waals surface area contributed by atoms with Gasteiger partial charge in [-0.3, -0.25) is 0 Å². The molecule has 0 aliphatic heterocycles. The molecule has 0 saturated carbocycles. The van der Waals surface area contributed by atoms with Gasteiger partial charge >= 0.3 is 0 Å². The Kier molecular flexibility index (Phi) is 16.0. The Balaban J connectivity index is -0.0000000457. The Bertz CT molecular complexity index is 60.0. The molecule has 0 aromatic heterocycles. The van der Waals surface area contributed by atoms with Crippen molar-refractivity contribution in [2.24, 2.45) is 0 Å². The van der Waals surface area contributed by atoms with Crippen molar-refractivity contribution in [2.45, 2.75) is 52.7 Å². The van der Waals surface area contributed by atoms with Gasteiger partial charge in [-0.25, -0.2) is 0 Å². The molecule has 80 valence electrons. The van der Waals surface area contributed by atoms with Crippen molar-refractivity contribution in [1.29, 1.82) is 0 Å². The second kappa shape index (κ2) is 8.33. The van der Waals surface area contributed by atoms with Gasteiger partial charge in [-0.15, -0.1) is 0 Å². The van der Waals surface area contributed by atoms with Crippen LogP contribution >= 0.6 is 0 Å². The van der Waals surface area contributed by atoms with E-state index < -0.39 is 11.2 Å². The number of hydrogen-bond acceptors (Lipinski definition) is 2. The van der Waals surface area contributed by atoms with Crippen LogP contribution in [-0.4, -0.2) is 21.4 Å². The van der Waals surface area contributed by atoms with Gasteiger partial charge in [0.1, 0.15) is 0 Å². The average molecular weight is 240 g/mol. The van der Waals surface area contributed by atoms with Gasteiger partial charge in [0.25, 0.3) is 0 Å². The Labute approximate surface area is 92.6 Å². The molecule has 0 aliphatic carbocycles. The summed E-state index contributed by atoms with van der Waals surface area (Å²) in [5.41, 5.74) is -1.00. The van der Waals surface area contributed by atoms with Gasteiger partial charge in [0.2, 0.25) is 0 Å². The molecule has 0 amide bonds. The summed E-state index contributed by atoms with van der Waals surface area (Å²) < 4.78 is 0. The first-order valence-electron chi connectivity index (χ1n) is 3.45. The zero-order valence-electron chi connectivity index (χ0n) is 8.63. The van der Waals surface area contributed by atoms with Crippen LogP contribution in [0.25, 0.3) is 0 Å². The fraction of sp³-hybridized carbons (Fsp3) is 1.00. The van der Waals surface area contributed by atoms with Crippen molar-refractivity contribution in [1.82, 2.24) is 0 Å². The van der Waals surface area contributed by atoms with Crippen LogP contribution < -0.4 is 12.4 Å². The van der Waals surface area contributed by atoms with Crippen LogP contribution in [0.1, 0.15) is 41.5 Å². The summed E-state index contributed by atoms with van der Waals surface area (Å²) in [6.07, 6.45) is 0. The van der Waals surface area contributed by atoms with Crippen LogP contribution in [-0.2, 0) is 17.1 Å². The van der Waals surface area contributed by atoms with Crippen LogP contribution in [0.15, 0.2) is 0 Å². The molecule has 4 heteroatoms. The van der Waals surface area contributed by atoms with E-state index in [1.165, 1.54) is 0 Å². The molecule has 2 N–H and O–H groups in total. The average Bonchev–Trinajstić information content (AvgIpc) is 1.12. The second-order valence-electron chi connectivity index (χ2n) is 4.34. The predicted molar refractivity (Wildman–Crippen MR) is 43.9 cm³/mol. The van der Waals surface area contributed by atoms with Crippen molar-refractivity contribution >= 4 is 0 Å². The van der Waals surface area contributed by atoms with Gasteiger partial charge in [-0.05, 0) is 41.5 Å². The van der Waals surface area contributed by atoms with E-state index in [9.17, 15) is 0 Å². The molecule has 0 atom stereocenters. The van der Waals surface area contributed by atoms with Gasteiger partial charge in [-0.2, -0.15) is 0 Å². The smallest absolute Gasteiger partial charge is 0.0563 e. The van der Waals surface area contributed by atoms with E-state index in [1.807, 2.05) is 0 Å². The number of halogens is 1. The molecular weight excluding hydrogens is 219 g/mol. The monoisotopic (exact) mass is 239 g/mol. The Morgan fingerprint density at radius 3 is 0.667 bits per heavy atom. The predicted octanol–water partition coefficient (Wildman–Crippen LogP) is -1.44. The first kappa shape index (κ1) is 23.0. The van der Waals surface area contributed by atoms with E-state index in [4.69, 9.17) is 10.2 Å². The SMILES string of the molecule is CC(C)(C)O.CC(C)(C)O.[Cl-].[Fe]. The Morgan fingerprint density at radius 2 is 0.667 bits per heavy atom. The molecule has 0 fully saturated rings. The molecule has 0 bridgehead atoms. The first-order valence-corrected chi connectivity index (χ1v) is 3.45. The normalized spacial score (nSPS) is 10.0.